The van der Waals surface area contributed by atoms with Crippen LogP contribution in [0.25, 0.3) is 0 Å². The maximum Gasteiger partial charge on any atom is 0.412 e. The summed E-state index contributed by atoms with van der Waals surface area (Å²) in [7, 11) is 0. The van der Waals surface area contributed by atoms with Crippen molar-refractivity contribution in [3.63, 3.8) is 0 Å². The predicted octanol–water partition coefficient (Wildman–Crippen LogP) is 3.71. The van der Waals surface area contributed by atoms with Crippen LogP contribution in [0.1, 0.15) is 20.3 Å². The van der Waals surface area contributed by atoms with E-state index in [1.165, 1.54) is 6.08 Å². The zero-order chi connectivity index (χ0) is 9.78. The van der Waals surface area contributed by atoms with Gasteiger partial charge in [0, 0.05) is 5.57 Å². The van der Waals surface area contributed by atoms with Crippen LogP contribution in [0.4, 0.5) is 13.2 Å². The molecule has 0 saturated carbocycles. The van der Waals surface area contributed by atoms with Gasteiger partial charge >= 0.3 is 6.18 Å². The van der Waals surface area contributed by atoms with E-state index in [0.29, 0.717) is 6.42 Å². The van der Waals surface area contributed by atoms with Crippen molar-refractivity contribution in [2.75, 3.05) is 0 Å². The summed E-state index contributed by atoms with van der Waals surface area (Å²) in [6.45, 7) is 6.28. The number of rotatable bonds is 3. The van der Waals surface area contributed by atoms with Gasteiger partial charge < -0.3 is 0 Å². The van der Waals surface area contributed by atoms with Gasteiger partial charge in [-0.25, -0.2) is 0 Å². The molecule has 12 heavy (non-hydrogen) atoms. The molecule has 0 N–H and O–H groups in total. The van der Waals surface area contributed by atoms with Gasteiger partial charge in [-0.15, -0.1) is 6.58 Å². The Morgan fingerprint density at radius 1 is 1.50 bits per heavy atom. The zero-order valence-corrected chi connectivity index (χ0v) is 7.28. The first kappa shape index (κ1) is 11.3. The number of alkyl halides is 3. The standard InChI is InChI=1S/C9H13F3/c1-4-5-7(2)6-8(3)9(10,11)12/h4,6-7H,1,5H2,2-3H3/b8-6+/t7-/m1/s1. The zero-order valence-electron chi connectivity index (χ0n) is 7.28. The molecule has 0 unspecified atom stereocenters. The summed E-state index contributed by atoms with van der Waals surface area (Å²) in [6.07, 6.45) is -0.769. The molecule has 0 radical (unpaired) electrons. The Hall–Kier alpha value is -0.730. The Bertz CT molecular complexity index is 177. The van der Waals surface area contributed by atoms with Crippen molar-refractivity contribution in [3.8, 4) is 0 Å². The van der Waals surface area contributed by atoms with Gasteiger partial charge in [0.1, 0.15) is 0 Å². The molecule has 0 aliphatic carbocycles. The number of halogens is 3. The third-order valence-electron chi connectivity index (χ3n) is 1.52. The molecule has 3 heteroatoms. The van der Waals surface area contributed by atoms with E-state index in [9.17, 15) is 13.2 Å². The molecule has 0 saturated heterocycles. The Balaban J connectivity index is 4.25. The highest BCUT2D eigenvalue weighted by molar-refractivity contribution is 5.07. The van der Waals surface area contributed by atoms with Gasteiger partial charge in [0.05, 0.1) is 0 Å². The normalized spacial score (nSPS) is 15.9. The van der Waals surface area contributed by atoms with E-state index >= 15 is 0 Å². The molecule has 0 aromatic heterocycles. The van der Waals surface area contributed by atoms with Gasteiger partial charge in [-0.05, 0) is 19.3 Å². The summed E-state index contributed by atoms with van der Waals surface area (Å²) >= 11 is 0. The van der Waals surface area contributed by atoms with E-state index in [0.717, 1.165) is 6.92 Å². The molecule has 0 aromatic rings. The van der Waals surface area contributed by atoms with Gasteiger partial charge in [-0.2, -0.15) is 13.2 Å². The van der Waals surface area contributed by atoms with Crippen molar-refractivity contribution < 1.29 is 13.2 Å². The second-order valence-corrected chi connectivity index (χ2v) is 2.85. The maximum atomic E-state index is 12.0. The molecule has 0 aliphatic heterocycles. The van der Waals surface area contributed by atoms with Gasteiger partial charge in [0.25, 0.3) is 0 Å². The van der Waals surface area contributed by atoms with Gasteiger partial charge in [0.2, 0.25) is 0 Å². The lowest BCUT2D eigenvalue weighted by Crippen LogP contribution is -2.10. The summed E-state index contributed by atoms with van der Waals surface area (Å²) in [5.41, 5.74) is -0.531. The molecule has 0 rings (SSSR count). The lowest BCUT2D eigenvalue weighted by molar-refractivity contribution is -0.0917. The fourth-order valence-corrected chi connectivity index (χ4v) is 0.852. The average Bonchev–Trinajstić information content (AvgIpc) is 1.85. The molecule has 0 spiro atoms. The second-order valence-electron chi connectivity index (χ2n) is 2.85. The summed E-state index contributed by atoms with van der Waals surface area (Å²) in [5, 5.41) is 0. The van der Waals surface area contributed by atoms with Crippen LogP contribution in [0, 0.1) is 5.92 Å². The maximum absolute atomic E-state index is 12.0. The molecule has 0 bridgehead atoms. The highest BCUT2D eigenvalue weighted by Crippen LogP contribution is 2.26. The topological polar surface area (TPSA) is 0 Å². The largest absolute Gasteiger partial charge is 0.412 e. The van der Waals surface area contributed by atoms with Crippen LogP contribution in [0.15, 0.2) is 24.3 Å². The summed E-state index contributed by atoms with van der Waals surface area (Å²) in [6, 6.07) is 0. The molecular formula is C9H13F3. The van der Waals surface area contributed by atoms with Gasteiger partial charge in [-0.3, -0.25) is 0 Å². The number of hydrogen-bond acceptors (Lipinski definition) is 0. The van der Waals surface area contributed by atoms with Crippen molar-refractivity contribution in [2.24, 2.45) is 5.92 Å². The van der Waals surface area contributed by atoms with E-state index in [2.05, 4.69) is 6.58 Å². The summed E-state index contributed by atoms with van der Waals surface area (Å²) in [4.78, 5) is 0. The minimum atomic E-state index is -4.19. The first-order valence-electron chi connectivity index (χ1n) is 3.74. The van der Waals surface area contributed by atoms with E-state index < -0.39 is 11.7 Å². The van der Waals surface area contributed by atoms with Crippen LogP contribution in [-0.2, 0) is 0 Å². The Kier molecular flexibility index (Phi) is 4.07. The Morgan fingerprint density at radius 2 is 2.00 bits per heavy atom. The fourth-order valence-electron chi connectivity index (χ4n) is 0.852. The molecule has 0 fully saturated rings. The molecule has 0 aliphatic rings. The first-order chi connectivity index (χ1) is 5.38. The molecule has 0 aromatic carbocycles. The smallest absolute Gasteiger partial charge is 0.167 e. The monoisotopic (exact) mass is 178 g/mol. The van der Waals surface area contributed by atoms with Crippen molar-refractivity contribution in [1.29, 1.82) is 0 Å². The average molecular weight is 178 g/mol. The van der Waals surface area contributed by atoms with Crippen LogP contribution in [0.3, 0.4) is 0 Å². The van der Waals surface area contributed by atoms with Crippen molar-refractivity contribution in [2.45, 2.75) is 26.4 Å². The minimum absolute atomic E-state index is 0.0934. The van der Waals surface area contributed by atoms with Gasteiger partial charge in [0.15, 0.2) is 0 Å². The van der Waals surface area contributed by atoms with E-state index in [-0.39, 0.29) is 5.92 Å². The summed E-state index contributed by atoms with van der Waals surface area (Å²) in [5.74, 6) is -0.0934. The van der Waals surface area contributed by atoms with Crippen LogP contribution < -0.4 is 0 Å². The van der Waals surface area contributed by atoms with Crippen molar-refractivity contribution in [1.82, 2.24) is 0 Å². The number of allylic oxidation sites excluding steroid dienone is 3. The second kappa shape index (κ2) is 4.33. The first-order valence-corrected chi connectivity index (χ1v) is 3.74. The predicted molar refractivity (Wildman–Crippen MR) is 43.8 cm³/mol. The molecule has 0 amide bonds. The molecule has 0 heterocycles. The molecule has 0 nitrogen and oxygen atoms in total. The van der Waals surface area contributed by atoms with Crippen molar-refractivity contribution >= 4 is 0 Å². The minimum Gasteiger partial charge on any atom is -0.167 e. The fraction of sp³-hybridized carbons (Fsp3) is 0.556. The van der Waals surface area contributed by atoms with E-state index in [4.69, 9.17) is 0 Å². The number of hydrogen-bond donors (Lipinski definition) is 0. The third-order valence-corrected chi connectivity index (χ3v) is 1.52. The quantitative estimate of drug-likeness (QED) is 0.578. The lowest BCUT2D eigenvalue weighted by Gasteiger charge is -2.09. The van der Waals surface area contributed by atoms with Crippen LogP contribution >= 0.6 is 0 Å². The van der Waals surface area contributed by atoms with Crippen molar-refractivity contribution in [3.05, 3.63) is 24.3 Å². The third kappa shape index (κ3) is 4.21. The van der Waals surface area contributed by atoms with Crippen LogP contribution in [-0.4, -0.2) is 6.18 Å². The van der Waals surface area contributed by atoms with Gasteiger partial charge in [-0.1, -0.05) is 19.1 Å². The van der Waals surface area contributed by atoms with E-state index in [1.54, 1.807) is 13.0 Å². The van der Waals surface area contributed by atoms with Crippen LogP contribution in [0.2, 0.25) is 0 Å². The highest BCUT2D eigenvalue weighted by atomic mass is 19.4. The lowest BCUT2D eigenvalue weighted by atomic mass is 10.0. The Morgan fingerprint density at radius 3 is 2.33 bits per heavy atom. The molecular weight excluding hydrogens is 165 g/mol. The highest BCUT2D eigenvalue weighted by Gasteiger charge is 2.29. The van der Waals surface area contributed by atoms with Crippen LogP contribution in [0.5, 0.6) is 0 Å². The Labute approximate surface area is 70.8 Å². The molecule has 1 atom stereocenters. The SMILES string of the molecule is C=CC[C@@H](C)/C=C(\C)C(F)(F)F. The molecule has 70 valence electrons. The summed E-state index contributed by atoms with van der Waals surface area (Å²) < 4.78 is 35.9. The van der Waals surface area contributed by atoms with E-state index in [1.807, 2.05) is 0 Å².